The van der Waals surface area contributed by atoms with Crippen molar-refractivity contribution in [2.45, 2.75) is 13.0 Å². The van der Waals surface area contributed by atoms with Gasteiger partial charge in [0.1, 0.15) is 5.76 Å². The van der Waals surface area contributed by atoms with Crippen LogP contribution in [-0.2, 0) is 4.74 Å². The molecule has 0 aliphatic carbocycles. The molecule has 1 aliphatic heterocycles. The van der Waals surface area contributed by atoms with Gasteiger partial charge in [0.25, 0.3) is 11.8 Å². The van der Waals surface area contributed by atoms with Crippen LogP contribution >= 0.6 is 12.6 Å². The summed E-state index contributed by atoms with van der Waals surface area (Å²) in [5.74, 6) is -0.853. The lowest BCUT2D eigenvalue weighted by Gasteiger charge is -2.24. The van der Waals surface area contributed by atoms with Gasteiger partial charge in [0, 0.05) is 5.75 Å². The standard InChI is InChI=1S/C20H17NO4S/c1-13(21-18(22)15-9-5-6-10-16(15)19(21)23)17(11-12-26)25-20(24)14-7-3-2-4-8-14/h2-11,13,26H,12H2,1H3/b17-11-. The normalized spacial score (nSPS) is 15.0. The molecule has 0 fully saturated rings. The van der Waals surface area contributed by atoms with E-state index in [1.807, 2.05) is 0 Å². The molecule has 26 heavy (non-hydrogen) atoms. The quantitative estimate of drug-likeness (QED) is 0.381. The topological polar surface area (TPSA) is 63.7 Å². The van der Waals surface area contributed by atoms with E-state index >= 15 is 0 Å². The lowest BCUT2D eigenvalue weighted by Crippen LogP contribution is -2.40. The number of esters is 1. The number of rotatable bonds is 5. The van der Waals surface area contributed by atoms with E-state index in [9.17, 15) is 14.4 Å². The van der Waals surface area contributed by atoms with Crippen LogP contribution in [0.4, 0.5) is 0 Å². The maximum absolute atomic E-state index is 12.6. The Morgan fingerprint density at radius 1 is 1.04 bits per heavy atom. The first-order chi connectivity index (χ1) is 12.5. The molecule has 0 aromatic heterocycles. The molecule has 0 N–H and O–H groups in total. The number of hydrogen-bond donors (Lipinski definition) is 1. The lowest BCUT2D eigenvalue weighted by molar-refractivity contribution is 0.0473. The van der Waals surface area contributed by atoms with E-state index in [-0.39, 0.29) is 5.76 Å². The summed E-state index contributed by atoms with van der Waals surface area (Å²) in [5.41, 5.74) is 1.08. The Labute approximate surface area is 156 Å². The molecule has 2 aromatic rings. The Balaban J connectivity index is 1.85. The minimum absolute atomic E-state index is 0.211. The predicted molar refractivity (Wildman–Crippen MR) is 100 cm³/mol. The summed E-state index contributed by atoms with van der Waals surface area (Å²) in [4.78, 5) is 38.7. The molecule has 0 radical (unpaired) electrons. The Morgan fingerprint density at radius 2 is 1.58 bits per heavy atom. The van der Waals surface area contributed by atoms with Gasteiger partial charge in [0.05, 0.1) is 22.7 Å². The maximum atomic E-state index is 12.6. The third kappa shape index (κ3) is 3.28. The zero-order chi connectivity index (χ0) is 18.7. The van der Waals surface area contributed by atoms with Crippen LogP contribution in [0.5, 0.6) is 0 Å². The summed E-state index contributed by atoms with van der Waals surface area (Å²) in [6.07, 6.45) is 1.58. The van der Waals surface area contributed by atoms with Crippen LogP contribution in [0, 0.1) is 0 Å². The van der Waals surface area contributed by atoms with Gasteiger partial charge in [0.15, 0.2) is 0 Å². The third-order valence-electron chi connectivity index (χ3n) is 4.14. The van der Waals surface area contributed by atoms with E-state index < -0.39 is 23.8 Å². The number of benzene rings is 2. The Kier molecular flexibility index (Phi) is 5.23. The highest BCUT2D eigenvalue weighted by Crippen LogP contribution is 2.27. The molecule has 0 bridgehead atoms. The fourth-order valence-corrected chi connectivity index (χ4v) is 2.99. The fraction of sp³-hybridized carbons (Fsp3) is 0.150. The highest BCUT2D eigenvalue weighted by molar-refractivity contribution is 7.80. The third-order valence-corrected chi connectivity index (χ3v) is 4.32. The van der Waals surface area contributed by atoms with Gasteiger partial charge in [-0.2, -0.15) is 12.6 Å². The minimum atomic E-state index is -0.734. The van der Waals surface area contributed by atoms with Crippen molar-refractivity contribution in [1.29, 1.82) is 0 Å². The Morgan fingerprint density at radius 3 is 2.12 bits per heavy atom. The van der Waals surface area contributed by atoms with Gasteiger partial charge < -0.3 is 4.74 Å². The van der Waals surface area contributed by atoms with E-state index in [1.54, 1.807) is 67.6 Å². The molecule has 0 spiro atoms. The van der Waals surface area contributed by atoms with Crippen molar-refractivity contribution in [2.75, 3.05) is 5.75 Å². The monoisotopic (exact) mass is 367 g/mol. The molecular formula is C20H17NO4S. The summed E-state index contributed by atoms with van der Waals surface area (Å²) in [6.45, 7) is 1.65. The zero-order valence-electron chi connectivity index (χ0n) is 14.1. The molecule has 1 aliphatic rings. The smallest absolute Gasteiger partial charge is 0.343 e. The van der Waals surface area contributed by atoms with Crippen LogP contribution in [-0.4, -0.2) is 34.5 Å². The van der Waals surface area contributed by atoms with Crippen LogP contribution in [0.25, 0.3) is 0 Å². The van der Waals surface area contributed by atoms with Crippen LogP contribution in [0.3, 0.4) is 0 Å². The number of thiol groups is 1. The van der Waals surface area contributed by atoms with Crippen molar-refractivity contribution in [1.82, 2.24) is 4.90 Å². The van der Waals surface area contributed by atoms with Gasteiger partial charge in [0.2, 0.25) is 0 Å². The minimum Gasteiger partial charge on any atom is -0.426 e. The number of imide groups is 1. The predicted octanol–water partition coefficient (Wildman–Crippen LogP) is 3.34. The number of nitrogens with zero attached hydrogens (tertiary/aromatic N) is 1. The summed E-state index contributed by atoms with van der Waals surface area (Å²) in [5, 5.41) is 0. The molecule has 1 unspecified atom stereocenters. The first-order valence-electron chi connectivity index (χ1n) is 8.09. The number of amides is 2. The summed E-state index contributed by atoms with van der Waals surface area (Å²) >= 11 is 4.15. The molecule has 2 amide bonds. The van der Waals surface area contributed by atoms with Gasteiger partial charge >= 0.3 is 5.97 Å². The largest absolute Gasteiger partial charge is 0.426 e. The van der Waals surface area contributed by atoms with Gasteiger partial charge in [-0.05, 0) is 37.3 Å². The fourth-order valence-electron chi connectivity index (χ4n) is 2.81. The second-order valence-corrected chi connectivity index (χ2v) is 6.11. The Hall–Kier alpha value is -2.86. The zero-order valence-corrected chi connectivity index (χ0v) is 15.0. The second-order valence-electron chi connectivity index (χ2n) is 5.75. The van der Waals surface area contributed by atoms with Gasteiger partial charge in [-0.3, -0.25) is 14.5 Å². The first-order valence-corrected chi connectivity index (χ1v) is 8.73. The molecule has 3 rings (SSSR count). The Bertz CT molecular complexity index is 857. The molecule has 6 heteroatoms. The van der Waals surface area contributed by atoms with E-state index in [0.717, 1.165) is 4.90 Å². The van der Waals surface area contributed by atoms with Crippen LogP contribution in [0.1, 0.15) is 38.0 Å². The SMILES string of the molecule is CC(/C(=C/CS)OC(=O)c1ccccc1)N1C(=O)c2ccccc2C1=O. The van der Waals surface area contributed by atoms with Crippen molar-refractivity contribution in [3.05, 3.63) is 83.1 Å². The van der Waals surface area contributed by atoms with E-state index in [2.05, 4.69) is 12.6 Å². The molecule has 0 saturated carbocycles. The highest BCUT2D eigenvalue weighted by Gasteiger charge is 2.40. The van der Waals surface area contributed by atoms with E-state index in [4.69, 9.17) is 4.74 Å². The summed E-state index contributed by atoms with van der Waals surface area (Å²) in [7, 11) is 0. The number of ether oxygens (including phenoxy) is 1. The maximum Gasteiger partial charge on any atom is 0.343 e. The molecular weight excluding hydrogens is 350 g/mol. The highest BCUT2D eigenvalue weighted by atomic mass is 32.1. The van der Waals surface area contributed by atoms with Crippen molar-refractivity contribution in [2.24, 2.45) is 0 Å². The van der Waals surface area contributed by atoms with Crippen molar-refractivity contribution in [3.63, 3.8) is 0 Å². The van der Waals surface area contributed by atoms with E-state index in [0.29, 0.717) is 22.4 Å². The molecule has 1 atom stereocenters. The summed E-state index contributed by atoms with van der Waals surface area (Å²) < 4.78 is 5.47. The van der Waals surface area contributed by atoms with Crippen LogP contribution in [0.15, 0.2) is 66.4 Å². The van der Waals surface area contributed by atoms with Gasteiger partial charge in [-0.15, -0.1) is 0 Å². The molecule has 0 saturated heterocycles. The number of fused-ring (bicyclic) bond motifs is 1. The van der Waals surface area contributed by atoms with Crippen LogP contribution in [0.2, 0.25) is 0 Å². The van der Waals surface area contributed by atoms with Crippen molar-refractivity contribution < 1.29 is 19.1 Å². The second kappa shape index (κ2) is 7.58. The molecule has 132 valence electrons. The number of carbonyl (C=O) groups is 3. The molecule has 5 nitrogen and oxygen atoms in total. The average molecular weight is 367 g/mol. The number of carbonyl (C=O) groups excluding carboxylic acids is 3. The molecule has 1 heterocycles. The van der Waals surface area contributed by atoms with Gasteiger partial charge in [-0.25, -0.2) is 4.79 Å². The van der Waals surface area contributed by atoms with Gasteiger partial charge in [-0.1, -0.05) is 30.3 Å². The van der Waals surface area contributed by atoms with Crippen molar-refractivity contribution in [3.8, 4) is 0 Å². The van der Waals surface area contributed by atoms with Crippen molar-refractivity contribution >= 4 is 30.4 Å². The average Bonchev–Trinajstić information content (AvgIpc) is 2.92. The lowest BCUT2D eigenvalue weighted by atomic mass is 10.1. The van der Waals surface area contributed by atoms with Crippen LogP contribution < -0.4 is 0 Å². The molecule has 2 aromatic carbocycles. The number of hydrogen-bond acceptors (Lipinski definition) is 5. The first kappa shape index (κ1) is 17.9. The summed E-state index contributed by atoms with van der Waals surface area (Å²) in [6, 6.07) is 14.4. The van der Waals surface area contributed by atoms with E-state index in [1.165, 1.54) is 0 Å².